The van der Waals surface area contributed by atoms with E-state index in [2.05, 4.69) is 57.2 Å². The lowest BCUT2D eigenvalue weighted by atomic mass is 10.2. The summed E-state index contributed by atoms with van der Waals surface area (Å²) >= 11 is 0. The molecule has 0 aliphatic heterocycles. The molecule has 0 saturated heterocycles. The molecule has 2 N–H and O–H groups in total. The SMILES string of the molecule is CCCC1CC1NC(=NC)NCCCn1c(C)nc2ccccc21.I. The van der Waals surface area contributed by atoms with E-state index >= 15 is 0 Å². The number of nitrogens with zero attached hydrogens (tertiary/aromatic N) is 3. The number of fused-ring (bicyclic) bond motifs is 1. The van der Waals surface area contributed by atoms with Crippen LogP contribution < -0.4 is 10.6 Å². The van der Waals surface area contributed by atoms with E-state index in [4.69, 9.17) is 0 Å². The standard InChI is InChI=1S/C19H29N5.HI/c1-4-8-15-13-17(15)23-19(20-3)21-11-7-12-24-14(2)22-16-9-5-6-10-18(16)24;/h5-6,9-10,15,17H,4,7-8,11-13H2,1-3H3,(H2,20,21,23);1H. The summed E-state index contributed by atoms with van der Waals surface area (Å²) in [6.45, 7) is 6.22. The zero-order chi connectivity index (χ0) is 16.9. The van der Waals surface area contributed by atoms with Crippen LogP contribution in [0.5, 0.6) is 0 Å². The molecule has 1 saturated carbocycles. The normalized spacial score (nSPS) is 19.6. The van der Waals surface area contributed by atoms with Crippen LogP contribution in [-0.2, 0) is 6.54 Å². The molecule has 5 nitrogen and oxygen atoms in total. The minimum atomic E-state index is 0. The molecule has 138 valence electrons. The van der Waals surface area contributed by atoms with Crippen molar-refractivity contribution in [2.24, 2.45) is 10.9 Å². The van der Waals surface area contributed by atoms with Crippen molar-refractivity contribution in [3.8, 4) is 0 Å². The van der Waals surface area contributed by atoms with Gasteiger partial charge in [0.1, 0.15) is 5.82 Å². The molecule has 3 rings (SSSR count). The van der Waals surface area contributed by atoms with E-state index < -0.39 is 0 Å². The van der Waals surface area contributed by atoms with Gasteiger partial charge >= 0.3 is 0 Å². The van der Waals surface area contributed by atoms with Gasteiger partial charge in [-0.15, -0.1) is 24.0 Å². The van der Waals surface area contributed by atoms with Crippen LogP contribution in [0.4, 0.5) is 0 Å². The maximum Gasteiger partial charge on any atom is 0.191 e. The Morgan fingerprint density at radius 1 is 1.36 bits per heavy atom. The van der Waals surface area contributed by atoms with Crippen molar-refractivity contribution in [2.45, 2.75) is 52.1 Å². The predicted molar refractivity (Wildman–Crippen MR) is 116 cm³/mol. The molecule has 6 heteroatoms. The lowest BCUT2D eigenvalue weighted by Crippen LogP contribution is -2.39. The Kier molecular flexibility index (Phi) is 7.53. The molecule has 1 aliphatic rings. The summed E-state index contributed by atoms with van der Waals surface area (Å²) in [5.74, 6) is 2.86. The summed E-state index contributed by atoms with van der Waals surface area (Å²) in [5, 5.41) is 6.97. The Balaban J connectivity index is 0.00000225. The van der Waals surface area contributed by atoms with Crippen LogP contribution in [-0.4, -0.2) is 35.1 Å². The molecule has 1 aromatic heterocycles. The number of hydrogen-bond donors (Lipinski definition) is 2. The van der Waals surface area contributed by atoms with Gasteiger partial charge in [0.2, 0.25) is 0 Å². The van der Waals surface area contributed by atoms with Gasteiger partial charge in [-0.1, -0.05) is 25.5 Å². The summed E-state index contributed by atoms with van der Waals surface area (Å²) in [7, 11) is 1.85. The molecule has 0 bridgehead atoms. The molecular weight excluding hydrogens is 425 g/mol. The first-order valence-corrected chi connectivity index (χ1v) is 9.12. The van der Waals surface area contributed by atoms with Crippen LogP contribution in [0.1, 0.15) is 38.4 Å². The second kappa shape index (κ2) is 9.40. The smallest absolute Gasteiger partial charge is 0.191 e. The van der Waals surface area contributed by atoms with Gasteiger partial charge in [0.05, 0.1) is 11.0 Å². The lowest BCUT2D eigenvalue weighted by molar-refractivity contribution is 0.617. The van der Waals surface area contributed by atoms with Crippen LogP contribution in [0, 0.1) is 12.8 Å². The van der Waals surface area contributed by atoms with Crippen molar-refractivity contribution < 1.29 is 0 Å². The Morgan fingerprint density at radius 2 is 2.16 bits per heavy atom. The maximum absolute atomic E-state index is 4.62. The maximum atomic E-state index is 4.62. The first-order chi connectivity index (χ1) is 11.7. The Hall–Kier alpha value is -1.31. The highest BCUT2D eigenvalue weighted by Gasteiger charge is 2.36. The number of aliphatic imine (C=N–C) groups is 1. The molecule has 2 aromatic rings. The third-order valence-corrected chi connectivity index (χ3v) is 4.82. The van der Waals surface area contributed by atoms with Crippen molar-refractivity contribution in [1.82, 2.24) is 20.2 Å². The third kappa shape index (κ3) is 5.09. The number of rotatable bonds is 7. The third-order valence-electron chi connectivity index (χ3n) is 4.82. The summed E-state index contributed by atoms with van der Waals surface area (Å²) in [4.78, 5) is 8.96. The van der Waals surface area contributed by atoms with Gasteiger partial charge in [0, 0.05) is 26.2 Å². The Bertz CT molecular complexity index is 709. The Labute approximate surface area is 167 Å². The molecule has 1 heterocycles. The highest BCUT2D eigenvalue weighted by Crippen LogP contribution is 2.34. The van der Waals surface area contributed by atoms with Crippen molar-refractivity contribution in [1.29, 1.82) is 0 Å². The highest BCUT2D eigenvalue weighted by atomic mass is 127. The lowest BCUT2D eigenvalue weighted by Gasteiger charge is -2.12. The molecule has 2 unspecified atom stereocenters. The van der Waals surface area contributed by atoms with E-state index in [1.54, 1.807) is 0 Å². The van der Waals surface area contributed by atoms with Gasteiger partial charge in [-0.05, 0) is 44.2 Å². The van der Waals surface area contributed by atoms with Gasteiger partial charge in [0.15, 0.2) is 5.96 Å². The van der Waals surface area contributed by atoms with Crippen LogP contribution in [0.2, 0.25) is 0 Å². The fourth-order valence-electron chi connectivity index (χ4n) is 3.41. The van der Waals surface area contributed by atoms with E-state index in [-0.39, 0.29) is 24.0 Å². The van der Waals surface area contributed by atoms with E-state index in [1.165, 1.54) is 24.8 Å². The second-order valence-electron chi connectivity index (χ2n) is 6.69. The predicted octanol–water partition coefficient (Wildman–Crippen LogP) is 3.71. The monoisotopic (exact) mass is 455 g/mol. The number of nitrogens with one attached hydrogen (secondary N) is 2. The Morgan fingerprint density at radius 3 is 2.92 bits per heavy atom. The van der Waals surface area contributed by atoms with Crippen LogP contribution >= 0.6 is 24.0 Å². The first kappa shape index (κ1) is 20.0. The molecule has 2 atom stereocenters. The molecule has 1 aromatic carbocycles. The van der Waals surface area contributed by atoms with E-state index in [1.807, 2.05) is 13.1 Å². The number of imidazole rings is 1. The molecule has 0 amide bonds. The van der Waals surface area contributed by atoms with Crippen molar-refractivity contribution in [3.63, 3.8) is 0 Å². The number of halogens is 1. The number of hydrogen-bond acceptors (Lipinski definition) is 2. The fraction of sp³-hybridized carbons (Fsp3) is 0.579. The van der Waals surface area contributed by atoms with Crippen LogP contribution in [0.15, 0.2) is 29.3 Å². The van der Waals surface area contributed by atoms with Gasteiger partial charge in [-0.3, -0.25) is 4.99 Å². The van der Waals surface area contributed by atoms with Gasteiger partial charge < -0.3 is 15.2 Å². The summed E-state index contributed by atoms with van der Waals surface area (Å²) in [5.41, 5.74) is 2.30. The zero-order valence-electron chi connectivity index (χ0n) is 15.5. The van der Waals surface area contributed by atoms with E-state index in [0.29, 0.717) is 6.04 Å². The molecule has 1 aliphatic carbocycles. The number of aromatic nitrogens is 2. The van der Waals surface area contributed by atoms with E-state index in [0.717, 1.165) is 42.7 Å². The van der Waals surface area contributed by atoms with Crippen LogP contribution in [0.25, 0.3) is 11.0 Å². The average molecular weight is 455 g/mol. The molecule has 0 radical (unpaired) electrons. The van der Waals surface area contributed by atoms with Crippen molar-refractivity contribution in [2.75, 3.05) is 13.6 Å². The number of para-hydroxylation sites is 2. The largest absolute Gasteiger partial charge is 0.356 e. The van der Waals surface area contributed by atoms with Gasteiger partial charge in [-0.25, -0.2) is 4.98 Å². The molecule has 25 heavy (non-hydrogen) atoms. The molecule has 0 spiro atoms. The number of guanidine groups is 1. The molecule has 1 fully saturated rings. The molecular formula is C19H30IN5. The average Bonchev–Trinajstić information content (AvgIpc) is 3.23. The summed E-state index contributed by atoms with van der Waals surface area (Å²) in [6, 6.07) is 8.96. The second-order valence-corrected chi connectivity index (χ2v) is 6.69. The van der Waals surface area contributed by atoms with Crippen LogP contribution in [0.3, 0.4) is 0 Å². The fourth-order valence-corrected chi connectivity index (χ4v) is 3.41. The first-order valence-electron chi connectivity index (χ1n) is 9.12. The number of aryl methyl sites for hydroxylation is 2. The highest BCUT2D eigenvalue weighted by molar-refractivity contribution is 14.0. The van der Waals surface area contributed by atoms with E-state index in [9.17, 15) is 0 Å². The number of benzene rings is 1. The topological polar surface area (TPSA) is 54.2 Å². The quantitative estimate of drug-likeness (QED) is 0.290. The summed E-state index contributed by atoms with van der Waals surface area (Å²) in [6.07, 6.45) is 4.93. The van der Waals surface area contributed by atoms with Crippen molar-refractivity contribution >= 4 is 41.0 Å². The zero-order valence-corrected chi connectivity index (χ0v) is 17.8. The minimum Gasteiger partial charge on any atom is -0.356 e. The van der Waals surface area contributed by atoms with Crippen molar-refractivity contribution in [3.05, 3.63) is 30.1 Å². The minimum absolute atomic E-state index is 0. The summed E-state index contributed by atoms with van der Waals surface area (Å²) < 4.78 is 2.30. The van der Waals surface area contributed by atoms with Gasteiger partial charge in [-0.2, -0.15) is 0 Å². The van der Waals surface area contributed by atoms with Gasteiger partial charge in [0.25, 0.3) is 0 Å².